The van der Waals surface area contributed by atoms with Gasteiger partial charge in [0.15, 0.2) is 6.29 Å². The standard InChI is InChI=1S/C19H16FNO4.C15H21BO5/c1-24-18-4-11(2-3-15(18)19(23)9-25-10-19)13-5-14-12(8-22)7-21-17(14)6-16(13)20;1-14(2)7-20-16(21-8-14)11-4-5-12(13(6-11)18-3)15(17)9-19-10-15/h2-8,21,23H,9-10H2,1H3;4-6,17H,7-10H2,1-3H3. The average Bonchev–Trinajstić information content (AvgIpc) is 3.43. The molecule has 3 fully saturated rings. The van der Waals surface area contributed by atoms with Crippen molar-refractivity contribution in [2.75, 3.05) is 53.9 Å². The van der Waals surface area contributed by atoms with Crippen LogP contribution in [0.2, 0.25) is 0 Å². The molecule has 0 bridgehead atoms. The highest BCUT2D eigenvalue weighted by molar-refractivity contribution is 6.61. The molecule has 3 aromatic carbocycles. The van der Waals surface area contributed by atoms with Gasteiger partial charge in [0, 0.05) is 58.0 Å². The second kappa shape index (κ2) is 12.4. The molecule has 0 atom stereocenters. The Balaban J connectivity index is 0.000000164. The summed E-state index contributed by atoms with van der Waals surface area (Å²) in [7, 11) is 2.71. The van der Waals surface area contributed by atoms with E-state index in [1.54, 1.807) is 37.6 Å². The molecule has 3 saturated heterocycles. The van der Waals surface area contributed by atoms with E-state index in [2.05, 4.69) is 18.8 Å². The van der Waals surface area contributed by atoms with Crippen molar-refractivity contribution in [1.82, 2.24) is 4.98 Å². The van der Waals surface area contributed by atoms with Crippen LogP contribution in [-0.2, 0) is 30.0 Å². The molecule has 3 aliphatic rings. The fourth-order valence-electron chi connectivity index (χ4n) is 5.75. The van der Waals surface area contributed by atoms with Crippen molar-refractivity contribution in [3.8, 4) is 22.6 Å². The second-order valence-corrected chi connectivity index (χ2v) is 12.8. The van der Waals surface area contributed by atoms with E-state index in [1.807, 2.05) is 18.2 Å². The summed E-state index contributed by atoms with van der Waals surface area (Å²) in [6, 6.07) is 13.8. The number of ether oxygens (including phenoxy) is 4. The predicted molar refractivity (Wildman–Crippen MR) is 169 cm³/mol. The lowest BCUT2D eigenvalue weighted by atomic mass is 9.74. The molecule has 0 radical (unpaired) electrons. The summed E-state index contributed by atoms with van der Waals surface area (Å²) in [4.78, 5) is 14.0. The van der Waals surface area contributed by atoms with Crippen LogP contribution in [0.15, 0.2) is 54.7 Å². The molecule has 0 aliphatic carbocycles. The monoisotopic (exact) mass is 633 g/mol. The molecule has 4 heterocycles. The third kappa shape index (κ3) is 6.04. The normalized spacial score (nSPS) is 19.3. The summed E-state index contributed by atoms with van der Waals surface area (Å²) >= 11 is 0. The highest BCUT2D eigenvalue weighted by atomic mass is 19.1. The summed E-state index contributed by atoms with van der Waals surface area (Å²) in [5, 5.41) is 21.5. The van der Waals surface area contributed by atoms with Crippen LogP contribution in [0.25, 0.3) is 22.0 Å². The van der Waals surface area contributed by atoms with Crippen molar-refractivity contribution < 1.29 is 47.7 Å². The molecule has 1 aromatic heterocycles. The molecule has 46 heavy (non-hydrogen) atoms. The first kappa shape index (κ1) is 32.2. The lowest BCUT2D eigenvalue weighted by molar-refractivity contribution is -0.185. The van der Waals surface area contributed by atoms with E-state index < -0.39 is 17.0 Å². The highest BCUT2D eigenvalue weighted by Crippen LogP contribution is 2.39. The Hall–Kier alpha value is -3.78. The van der Waals surface area contributed by atoms with Gasteiger partial charge < -0.3 is 43.5 Å². The number of hydrogen-bond acceptors (Lipinski definition) is 9. The number of aliphatic hydroxyl groups is 2. The summed E-state index contributed by atoms with van der Waals surface area (Å²) in [5.74, 6) is 0.690. The minimum atomic E-state index is -1.07. The number of rotatable bonds is 7. The highest BCUT2D eigenvalue weighted by Gasteiger charge is 2.42. The molecule has 0 saturated carbocycles. The van der Waals surface area contributed by atoms with E-state index in [0.29, 0.717) is 71.1 Å². The van der Waals surface area contributed by atoms with Crippen molar-refractivity contribution >= 4 is 29.8 Å². The number of halogens is 1. The number of H-pyrrole nitrogens is 1. The van der Waals surface area contributed by atoms with E-state index in [0.717, 1.165) is 17.3 Å². The molecule has 10 nitrogen and oxygen atoms in total. The average molecular weight is 633 g/mol. The van der Waals surface area contributed by atoms with Crippen LogP contribution in [0.4, 0.5) is 4.39 Å². The number of carbonyl (C=O) groups excluding carboxylic acids is 1. The molecule has 4 aromatic rings. The van der Waals surface area contributed by atoms with E-state index in [4.69, 9.17) is 28.3 Å². The third-order valence-electron chi connectivity index (χ3n) is 8.56. The van der Waals surface area contributed by atoms with E-state index >= 15 is 0 Å². The number of methoxy groups -OCH3 is 2. The van der Waals surface area contributed by atoms with Gasteiger partial charge in [0.25, 0.3) is 0 Å². The predicted octanol–water partition coefficient (Wildman–Crippen LogP) is 3.69. The van der Waals surface area contributed by atoms with Crippen LogP contribution in [0.1, 0.15) is 35.3 Å². The van der Waals surface area contributed by atoms with Crippen LogP contribution in [0, 0.1) is 11.2 Å². The maximum absolute atomic E-state index is 14.5. The van der Waals surface area contributed by atoms with Gasteiger partial charge in [-0.3, -0.25) is 4.79 Å². The zero-order valence-corrected chi connectivity index (χ0v) is 26.2. The quantitative estimate of drug-likeness (QED) is 0.206. The summed E-state index contributed by atoms with van der Waals surface area (Å²) < 4.78 is 47.1. The Kier molecular flexibility index (Phi) is 8.70. The van der Waals surface area contributed by atoms with Crippen molar-refractivity contribution in [2.45, 2.75) is 25.0 Å². The van der Waals surface area contributed by atoms with Crippen molar-refractivity contribution in [1.29, 1.82) is 0 Å². The van der Waals surface area contributed by atoms with E-state index in [1.165, 1.54) is 13.2 Å². The first-order valence-electron chi connectivity index (χ1n) is 15.0. The molecule has 3 aliphatic heterocycles. The van der Waals surface area contributed by atoms with Gasteiger partial charge in [-0.2, -0.15) is 0 Å². The molecule has 3 N–H and O–H groups in total. The fraction of sp³-hybridized carbons (Fsp3) is 0.382. The molecule has 0 unspecified atom stereocenters. The number of aldehydes is 1. The SMILES string of the molecule is COc1cc(-c2cc3c(C=O)c[nH]c3cc2F)ccc1C1(O)COC1.COc1cc(B2OCC(C)(C)CO2)ccc1C1(O)COC1. The van der Waals surface area contributed by atoms with Gasteiger partial charge in [-0.15, -0.1) is 0 Å². The lowest BCUT2D eigenvalue weighted by Gasteiger charge is -2.38. The third-order valence-corrected chi connectivity index (χ3v) is 8.56. The Morgan fingerprint density at radius 1 is 0.848 bits per heavy atom. The first-order chi connectivity index (χ1) is 22.0. The van der Waals surface area contributed by atoms with Crippen LogP contribution < -0.4 is 14.9 Å². The minimum Gasteiger partial charge on any atom is -0.496 e. The summed E-state index contributed by atoms with van der Waals surface area (Å²) in [5.41, 5.74) is 2.27. The summed E-state index contributed by atoms with van der Waals surface area (Å²) in [6.45, 7) is 6.53. The number of aromatic amines is 1. The molecule has 7 rings (SSSR count). The molecule has 0 spiro atoms. The number of carbonyl (C=O) groups is 1. The Bertz CT molecular complexity index is 1740. The fourth-order valence-corrected chi connectivity index (χ4v) is 5.75. The molecule has 0 amide bonds. The van der Waals surface area contributed by atoms with Gasteiger partial charge >= 0.3 is 7.12 Å². The molecular weight excluding hydrogens is 596 g/mol. The number of benzene rings is 3. The first-order valence-corrected chi connectivity index (χ1v) is 15.0. The van der Waals surface area contributed by atoms with Crippen LogP contribution in [0.5, 0.6) is 11.5 Å². The van der Waals surface area contributed by atoms with E-state index in [-0.39, 0.29) is 25.7 Å². The maximum atomic E-state index is 14.5. The number of fused-ring (bicyclic) bond motifs is 1. The van der Waals surface area contributed by atoms with Crippen LogP contribution in [0.3, 0.4) is 0 Å². The lowest BCUT2D eigenvalue weighted by Crippen LogP contribution is -2.49. The van der Waals surface area contributed by atoms with Crippen molar-refractivity contribution in [2.24, 2.45) is 5.41 Å². The Labute approximate surface area is 266 Å². The number of hydrogen-bond donors (Lipinski definition) is 3. The zero-order valence-electron chi connectivity index (χ0n) is 26.2. The molecule has 242 valence electrons. The summed E-state index contributed by atoms with van der Waals surface area (Å²) in [6.07, 6.45) is 2.28. The zero-order chi connectivity index (χ0) is 32.7. The van der Waals surface area contributed by atoms with E-state index in [9.17, 15) is 19.4 Å². The molecular formula is C34H37BFNO9. The Morgan fingerprint density at radius 2 is 1.43 bits per heavy atom. The van der Waals surface area contributed by atoms with Gasteiger partial charge in [0.1, 0.15) is 28.5 Å². The topological polar surface area (TPSA) is 129 Å². The largest absolute Gasteiger partial charge is 0.496 e. The Morgan fingerprint density at radius 3 is 1.98 bits per heavy atom. The maximum Gasteiger partial charge on any atom is 0.494 e. The van der Waals surface area contributed by atoms with Gasteiger partial charge in [0.2, 0.25) is 0 Å². The molecule has 12 heteroatoms. The van der Waals surface area contributed by atoms with Crippen molar-refractivity contribution in [3.05, 3.63) is 77.2 Å². The second-order valence-electron chi connectivity index (χ2n) is 12.8. The van der Waals surface area contributed by atoms with Crippen LogP contribution >= 0.6 is 0 Å². The number of nitrogens with one attached hydrogen (secondary N) is 1. The van der Waals surface area contributed by atoms with Gasteiger partial charge in [0.05, 0.1) is 40.6 Å². The van der Waals surface area contributed by atoms with Gasteiger partial charge in [-0.1, -0.05) is 38.1 Å². The van der Waals surface area contributed by atoms with Gasteiger partial charge in [-0.25, -0.2) is 4.39 Å². The van der Waals surface area contributed by atoms with Gasteiger partial charge in [-0.05, 0) is 35.3 Å². The van der Waals surface area contributed by atoms with Crippen molar-refractivity contribution in [3.63, 3.8) is 0 Å². The smallest absolute Gasteiger partial charge is 0.494 e. The van der Waals surface area contributed by atoms with Crippen LogP contribution in [-0.4, -0.2) is 82.5 Å². The minimum absolute atomic E-state index is 0.0406. The number of aromatic nitrogens is 1.